The van der Waals surface area contributed by atoms with E-state index in [1.807, 2.05) is 19.1 Å². The van der Waals surface area contributed by atoms with Crippen LogP contribution in [0.1, 0.15) is 22.8 Å². The van der Waals surface area contributed by atoms with E-state index in [0.717, 1.165) is 24.3 Å². The van der Waals surface area contributed by atoms with Gasteiger partial charge in [0, 0.05) is 31.7 Å². The fraction of sp³-hybridized carbons (Fsp3) is 0.267. The molecule has 0 aliphatic carbocycles. The number of amides is 1. The molecule has 2 N–H and O–H groups in total. The molecule has 2 aromatic rings. The molecule has 0 aromatic carbocycles. The van der Waals surface area contributed by atoms with E-state index in [4.69, 9.17) is 0 Å². The fourth-order valence-electron chi connectivity index (χ4n) is 1.78. The van der Waals surface area contributed by atoms with Crippen molar-refractivity contribution in [2.75, 3.05) is 18.4 Å². The second-order valence-corrected chi connectivity index (χ2v) is 4.33. The quantitative estimate of drug-likeness (QED) is 0.841. The molecular weight excluding hydrogens is 252 g/mol. The lowest BCUT2D eigenvalue weighted by molar-refractivity contribution is 0.0954. The van der Waals surface area contributed by atoms with Crippen molar-refractivity contribution in [3.63, 3.8) is 0 Å². The Morgan fingerprint density at radius 1 is 1.25 bits per heavy atom. The number of carbonyl (C=O) groups excluding carboxylic acids is 1. The van der Waals surface area contributed by atoms with Crippen molar-refractivity contribution in [3.05, 3.63) is 54.0 Å². The average molecular weight is 270 g/mol. The number of nitrogens with one attached hydrogen (secondary N) is 2. The lowest BCUT2D eigenvalue weighted by atomic mass is 10.2. The Labute approximate surface area is 118 Å². The highest BCUT2D eigenvalue weighted by Gasteiger charge is 2.05. The Bertz CT molecular complexity index is 540. The highest BCUT2D eigenvalue weighted by molar-refractivity contribution is 5.94. The first-order valence-electron chi connectivity index (χ1n) is 6.66. The molecule has 5 nitrogen and oxygen atoms in total. The number of hydrogen-bond donors (Lipinski definition) is 2. The van der Waals surface area contributed by atoms with E-state index < -0.39 is 0 Å². The number of hydrogen-bond acceptors (Lipinski definition) is 4. The zero-order chi connectivity index (χ0) is 14.2. The molecule has 5 heteroatoms. The summed E-state index contributed by atoms with van der Waals surface area (Å²) in [6, 6.07) is 7.45. The number of nitrogens with zero attached hydrogens (tertiary/aromatic N) is 2. The molecule has 0 unspecified atom stereocenters. The van der Waals surface area contributed by atoms with Crippen LogP contribution in [0.5, 0.6) is 0 Å². The Kier molecular flexibility index (Phi) is 5.06. The van der Waals surface area contributed by atoms with Crippen molar-refractivity contribution >= 4 is 11.7 Å². The normalized spacial score (nSPS) is 10.1. The van der Waals surface area contributed by atoms with Crippen molar-refractivity contribution in [2.45, 2.75) is 13.3 Å². The van der Waals surface area contributed by atoms with Crippen LogP contribution in [0.3, 0.4) is 0 Å². The van der Waals surface area contributed by atoms with Gasteiger partial charge in [-0.3, -0.25) is 9.78 Å². The van der Waals surface area contributed by atoms with Crippen molar-refractivity contribution in [1.29, 1.82) is 0 Å². The van der Waals surface area contributed by atoms with Gasteiger partial charge in [-0.1, -0.05) is 6.07 Å². The van der Waals surface area contributed by atoms with E-state index in [0.29, 0.717) is 12.1 Å². The summed E-state index contributed by atoms with van der Waals surface area (Å²) in [6.07, 6.45) is 5.89. The molecule has 0 saturated heterocycles. The fourth-order valence-corrected chi connectivity index (χ4v) is 1.78. The lowest BCUT2D eigenvalue weighted by Gasteiger charge is -2.06. The summed E-state index contributed by atoms with van der Waals surface area (Å²) in [6.45, 7) is 3.39. The standard InChI is InChI=1S/C15H18N4O/c1-2-17-14-6-5-13(11-19-14)15(20)18-9-7-12-4-3-8-16-10-12/h3-6,8,10-11H,2,7,9H2,1H3,(H,17,19)(H,18,20). The van der Waals surface area contributed by atoms with Crippen LogP contribution in [-0.4, -0.2) is 29.0 Å². The van der Waals surface area contributed by atoms with E-state index in [1.165, 1.54) is 0 Å². The van der Waals surface area contributed by atoms with Gasteiger partial charge in [0.05, 0.1) is 5.56 Å². The molecule has 0 aliphatic rings. The smallest absolute Gasteiger partial charge is 0.252 e. The predicted octanol–water partition coefficient (Wildman–Crippen LogP) is 1.88. The van der Waals surface area contributed by atoms with Gasteiger partial charge in [-0.2, -0.15) is 0 Å². The van der Waals surface area contributed by atoms with Gasteiger partial charge in [0.2, 0.25) is 0 Å². The number of rotatable bonds is 6. The largest absolute Gasteiger partial charge is 0.370 e. The van der Waals surface area contributed by atoms with Gasteiger partial charge in [0.1, 0.15) is 5.82 Å². The van der Waals surface area contributed by atoms with Crippen LogP contribution in [0.4, 0.5) is 5.82 Å². The van der Waals surface area contributed by atoms with Gasteiger partial charge in [0.25, 0.3) is 5.91 Å². The van der Waals surface area contributed by atoms with Crippen molar-refractivity contribution in [3.8, 4) is 0 Å². The monoisotopic (exact) mass is 270 g/mol. The maximum atomic E-state index is 11.9. The third-order valence-corrected chi connectivity index (χ3v) is 2.81. The highest BCUT2D eigenvalue weighted by Crippen LogP contribution is 2.04. The molecule has 0 fully saturated rings. The minimum atomic E-state index is -0.107. The van der Waals surface area contributed by atoms with Crippen LogP contribution in [0, 0.1) is 0 Å². The molecule has 2 heterocycles. The molecule has 104 valence electrons. The zero-order valence-electron chi connectivity index (χ0n) is 11.5. The van der Waals surface area contributed by atoms with Gasteiger partial charge in [-0.25, -0.2) is 4.98 Å². The van der Waals surface area contributed by atoms with Crippen LogP contribution in [-0.2, 0) is 6.42 Å². The maximum Gasteiger partial charge on any atom is 0.252 e. The summed E-state index contributed by atoms with van der Waals surface area (Å²) in [7, 11) is 0. The summed E-state index contributed by atoms with van der Waals surface area (Å²) < 4.78 is 0. The third-order valence-electron chi connectivity index (χ3n) is 2.81. The van der Waals surface area contributed by atoms with Crippen LogP contribution >= 0.6 is 0 Å². The highest BCUT2D eigenvalue weighted by atomic mass is 16.1. The number of carbonyl (C=O) groups is 1. The summed E-state index contributed by atoms with van der Waals surface area (Å²) in [5, 5.41) is 5.96. The van der Waals surface area contributed by atoms with Crippen molar-refractivity contribution < 1.29 is 4.79 Å². The predicted molar refractivity (Wildman–Crippen MR) is 78.7 cm³/mol. The van der Waals surface area contributed by atoms with E-state index in [1.54, 1.807) is 30.7 Å². The van der Waals surface area contributed by atoms with E-state index in [2.05, 4.69) is 20.6 Å². The van der Waals surface area contributed by atoms with E-state index in [9.17, 15) is 4.79 Å². The second-order valence-electron chi connectivity index (χ2n) is 4.33. The summed E-state index contributed by atoms with van der Waals surface area (Å²) in [4.78, 5) is 20.1. The molecule has 2 rings (SSSR count). The van der Waals surface area contributed by atoms with Crippen LogP contribution < -0.4 is 10.6 Å². The Morgan fingerprint density at radius 2 is 2.15 bits per heavy atom. The molecule has 2 aromatic heterocycles. The first-order chi connectivity index (χ1) is 9.79. The molecular formula is C15H18N4O. The molecule has 20 heavy (non-hydrogen) atoms. The Hall–Kier alpha value is -2.43. The topological polar surface area (TPSA) is 66.9 Å². The molecule has 0 spiro atoms. The SMILES string of the molecule is CCNc1ccc(C(=O)NCCc2cccnc2)cn1. The lowest BCUT2D eigenvalue weighted by Crippen LogP contribution is -2.25. The molecule has 0 bridgehead atoms. The minimum Gasteiger partial charge on any atom is -0.370 e. The number of anilines is 1. The molecule has 0 radical (unpaired) electrons. The number of aromatic nitrogens is 2. The van der Waals surface area contributed by atoms with Gasteiger partial charge in [-0.15, -0.1) is 0 Å². The van der Waals surface area contributed by atoms with E-state index in [-0.39, 0.29) is 5.91 Å². The Morgan fingerprint density at radius 3 is 2.80 bits per heavy atom. The van der Waals surface area contributed by atoms with Crippen LogP contribution in [0.25, 0.3) is 0 Å². The second kappa shape index (κ2) is 7.23. The summed E-state index contributed by atoms with van der Waals surface area (Å²) >= 11 is 0. The third kappa shape index (κ3) is 4.05. The molecule has 1 amide bonds. The molecule has 0 aliphatic heterocycles. The van der Waals surface area contributed by atoms with Gasteiger partial charge < -0.3 is 10.6 Å². The van der Waals surface area contributed by atoms with Gasteiger partial charge >= 0.3 is 0 Å². The van der Waals surface area contributed by atoms with Crippen molar-refractivity contribution in [1.82, 2.24) is 15.3 Å². The zero-order valence-corrected chi connectivity index (χ0v) is 11.5. The summed E-state index contributed by atoms with van der Waals surface area (Å²) in [5.41, 5.74) is 1.67. The van der Waals surface area contributed by atoms with E-state index >= 15 is 0 Å². The number of pyridine rings is 2. The maximum absolute atomic E-state index is 11.9. The van der Waals surface area contributed by atoms with Crippen molar-refractivity contribution in [2.24, 2.45) is 0 Å². The van der Waals surface area contributed by atoms with Crippen LogP contribution in [0.2, 0.25) is 0 Å². The Balaban J connectivity index is 1.82. The minimum absolute atomic E-state index is 0.107. The van der Waals surface area contributed by atoms with Gasteiger partial charge in [0.15, 0.2) is 0 Å². The average Bonchev–Trinajstić information content (AvgIpc) is 2.49. The van der Waals surface area contributed by atoms with Crippen LogP contribution in [0.15, 0.2) is 42.9 Å². The molecule has 0 atom stereocenters. The van der Waals surface area contributed by atoms with Gasteiger partial charge in [-0.05, 0) is 37.1 Å². The first-order valence-corrected chi connectivity index (χ1v) is 6.66. The summed E-state index contributed by atoms with van der Waals surface area (Å²) in [5.74, 6) is 0.670. The molecule has 0 saturated carbocycles. The first kappa shape index (κ1) is 14.0.